The normalized spacial score (nSPS) is 24.1. The van der Waals surface area contributed by atoms with Crippen molar-refractivity contribution in [2.75, 3.05) is 6.26 Å². The molecular weight excluding hydrogens is 464 g/mol. The molecule has 4 rings (SSSR count). The first-order valence-corrected chi connectivity index (χ1v) is 12.7. The second-order valence-corrected chi connectivity index (χ2v) is 10.2. The molecule has 2 heterocycles. The van der Waals surface area contributed by atoms with E-state index < -0.39 is 5.79 Å². The molecule has 0 bridgehead atoms. The number of hydrogen-bond acceptors (Lipinski definition) is 6. The molecule has 2 aliphatic rings. The lowest BCUT2D eigenvalue weighted by molar-refractivity contribution is -0.126. The summed E-state index contributed by atoms with van der Waals surface area (Å²) in [7, 11) is 0. The Bertz CT molecular complexity index is 1140. The number of ether oxygens (including phenoxy) is 2. The van der Waals surface area contributed by atoms with Gasteiger partial charge in [-0.1, -0.05) is 11.6 Å². The monoisotopic (exact) mass is 492 g/mol. The number of aryl methyl sites for hydroxylation is 1. The Morgan fingerprint density at radius 3 is 2.58 bits per heavy atom. The third kappa shape index (κ3) is 4.61. The number of carbonyl (C=O) groups is 1. The molecule has 0 saturated heterocycles. The number of hydrogen-bond donors (Lipinski definition) is 3. The first kappa shape index (κ1) is 24.0. The molecule has 0 spiro atoms. The zero-order valence-corrected chi connectivity index (χ0v) is 20.8. The first-order valence-electron chi connectivity index (χ1n) is 11.1. The lowest BCUT2D eigenvalue weighted by Crippen LogP contribution is -2.45. The number of aliphatic hydroxyl groups is 1. The van der Waals surface area contributed by atoms with Crippen LogP contribution < -0.4 is 20.3 Å². The summed E-state index contributed by atoms with van der Waals surface area (Å²) in [6.07, 6.45) is 4.61. The van der Waals surface area contributed by atoms with E-state index in [0.29, 0.717) is 46.1 Å². The summed E-state index contributed by atoms with van der Waals surface area (Å²) >= 11 is 7.97. The summed E-state index contributed by atoms with van der Waals surface area (Å²) < 4.78 is 12.5. The predicted octanol–water partition coefficient (Wildman–Crippen LogP) is 4.34. The summed E-state index contributed by atoms with van der Waals surface area (Å²) in [5, 5.41) is 13.0. The van der Waals surface area contributed by atoms with Crippen molar-refractivity contribution in [2.45, 2.75) is 69.8 Å². The minimum atomic E-state index is -0.894. The van der Waals surface area contributed by atoms with Gasteiger partial charge in [0.25, 0.3) is 17.3 Å². The molecule has 1 aromatic carbocycles. The minimum absolute atomic E-state index is 0.0955. The second kappa shape index (κ2) is 9.24. The van der Waals surface area contributed by atoms with Crippen molar-refractivity contribution in [1.29, 1.82) is 0 Å². The fourth-order valence-electron chi connectivity index (χ4n) is 4.65. The van der Waals surface area contributed by atoms with E-state index in [9.17, 15) is 14.7 Å². The Morgan fingerprint density at radius 2 is 1.91 bits per heavy atom. The topological polar surface area (TPSA) is 101 Å². The van der Waals surface area contributed by atoms with E-state index in [1.54, 1.807) is 13.0 Å². The van der Waals surface area contributed by atoms with E-state index in [1.165, 1.54) is 11.8 Å². The average molecular weight is 493 g/mol. The van der Waals surface area contributed by atoms with Crippen LogP contribution in [0.1, 0.15) is 59.8 Å². The summed E-state index contributed by atoms with van der Waals surface area (Å²) in [5.74, 6) is -0.214. The van der Waals surface area contributed by atoms with Crippen molar-refractivity contribution >= 4 is 29.3 Å². The third-order valence-electron chi connectivity index (χ3n) is 6.61. The summed E-state index contributed by atoms with van der Waals surface area (Å²) in [4.78, 5) is 29.1. The highest BCUT2D eigenvalue weighted by Gasteiger charge is 2.47. The number of rotatable bonds is 5. The molecule has 33 heavy (non-hydrogen) atoms. The number of pyridine rings is 1. The van der Waals surface area contributed by atoms with Crippen molar-refractivity contribution in [3.63, 3.8) is 0 Å². The lowest BCUT2D eigenvalue weighted by Gasteiger charge is -2.36. The zero-order chi connectivity index (χ0) is 23.9. The van der Waals surface area contributed by atoms with Crippen LogP contribution in [-0.4, -0.2) is 34.1 Å². The number of amides is 1. The maximum absolute atomic E-state index is 13.1. The van der Waals surface area contributed by atoms with Gasteiger partial charge in [0, 0.05) is 46.7 Å². The fraction of sp³-hybridized carbons (Fsp3) is 0.500. The van der Waals surface area contributed by atoms with Crippen molar-refractivity contribution in [3.8, 4) is 11.5 Å². The predicted molar refractivity (Wildman–Crippen MR) is 129 cm³/mol. The smallest absolute Gasteiger partial charge is 0.254 e. The number of aromatic nitrogens is 1. The van der Waals surface area contributed by atoms with Crippen LogP contribution in [0.5, 0.6) is 11.5 Å². The molecule has 1 saturated carbocycles. The van der Waals surface area contributed by atoms with Crippen LogP contribution in [0.3, 0.4) is 0 Å². The summed E-state index contributed by atoms with van der Waals surface area (Å²) in [6.45, 7) is 5.61. The SMILES string of the molecule is CSc1cc(C)[nH]c(=O)c1CNC(=O)c1cc(Cl)c2c(c1C)OC(C)(C1CCC(O)CC1)O2. The molecular formula is C24H29ClN2O5S. The molecule has 1 atom stereocenters. The van der Waals surface area contributed by atoms with Crippen LogP contribution in [0, 0.1) is 19.8 Å². The summed E-state index contributed by atoms with van der Waals surface area (Å²) in [5.41, 5.74) is 2.08. The fourth-order valence-corrected chi connectivity index (χ4v) is 5.59. The zero-order valence-electron chi connectivity index (χ0n) is 19.2. The molecule has 1 fully saturated rings. The van der Waals surface area contributed by atoms with Gasteiger partial charge in [0.1, 0.15) is 0 Å². The molecule has 3 N–H and O–H groups in total. The first-order chi connectivity index (χ1) is 15.6. The van der Waals surface area contributed by atoms with Crippen molar-refractivity contribution in [2.24, 2.45) is 5.92 Å². The summed E-state index contributed by atoms with van der Waals surface area (Å²) in [6, 6.07) is 3.47. The Morgan fingerprint density at radius 1 is 1.24 bits per heavy atom. The van der Waals surface area contributed by atoms with Gasteiger partial charge in [-0.3, -0.25) is 9.59 Å². The molecule has 2 aromatic rings. The Kier molecular flexibility index (Phi) is 6.71. The van der Waals surface area contributed by atoms with E-state index in [2.05, 4.69) is 10.3 Å². The average Bonchev–Trinajstić information content (AvgIpc) is 3.15. The van der Waals surface area contributed by atoms with E-state index >= 15 is 0 Å². The van der Waals surface area contributed by atoms with E-state index in [0.717, 1.165) is 23.4 Å². The number of H-pyrrole nitrogens is 1. The highest BCUT2D eigenvalue weighted by Crippen LogP contribution is 2.51. The molecule has 7 nitrogen and oxygen atoms in total. The molecule has 1 aliphatic carbocycles. The van der Waals surface area contributed by atoms with Gasteiger partial charge in [0.05, 0.1) is 11.1 Å². The van der Waals surface area contributed by atoms with Crippen molar-refractivity contribution < 1.29 is 19.4 Å². The lowest BCUT2D eigenvalue weighted by atomic mass is 9.82. The second-order valence-electron chi connectivity index (χ2n) is 8.93. The van der Waals surface area contributed by atoms with Gasteiger partial charge in [0.15, 0.2) is 11.5 Å². The number of aromatic amines is 1. The molecule has 178 valence electrons. The van der Waals surface area contributed by atoms with Crippen molar-refractivity contribution in [3.05, 3.63) is 49.9 Å². The Labute approximate surface area is 202 Å². The standard InChI is InChI=1S/C24H29ClN2O5S/c1-12-9-19(33-4)17(23(30)27-12)11-26-22(29)16-10-18(25)21-20(13(16)2)31-24(3,32-21)14-5-7-15(28)8-6-14/h9-10,14-15,28H,5-8,11H2,1-4H3,(H,26,29)(H,27,30). The Balaban J connectivity index is 1.55. The van der Waals surface area contributed by atoms with Gasteiger partial charge in [-0.25, -0.2) is 0 Å². The van der Waals surface area contributed by atoms with Crippen LogP contribution in [0.25, 0.3) is 0 Å². The maximum atomic E-state index is 13.1. The maximum Gasteiger partial charge on any atom is 0.254 e. The van der Waals surface area contributed by atoms with Crippen LogP contribution in [0.2, 0.25) is 5.02 Å². The van der Waals surface area contributed by atoms with Gasteiger partial charge < -0.3 is 24.9 Å². The van der Waals surface area contributed by atoms with E-state index in [-0.39, 0.29) is 30.0 Å². The molecule has 9 heteroatoms. The number of fused-ring (bicyclic) bond motifs is 1. The molecule has 0 radical (unpaired) electrons. The van der Waals surface area contributed by atoms with E-state index in [1.807, 2.05) is 26.2 Å². The highest BCUT2D eigenvalue weighted by molar-refractivity contribution is 7.98. The van der Waals surface area contributed by atoms with Gasteiger partial charge in [-0.05, 0) is 57.9 Å². The van der Waals surface area contributed by atoms with Crippen LogP contribution in [0.4, 0.5) is 0 Å². The molecule has 1 aromatic heterocycles. The third-order valence-corrected chi connectivity index (χ3v) is 7.69. The van der Waals surface area contributed by atoms with Crippen LogP contribution in [-0.2, 0) is 6.54 Å². The number of aliphatic hydroxyl groups excluding tert-OH is 1. The Hall–Kier alpha value is -2.16. The number of carbonyl (C=O) groups excluding carboxylic acids is 1. The molecule has 1 aliphatic heterocycles. The van der Waals surface area contributed by atoms with Gasteiger partial charge in [-0.15, -0.1) is 11.8 Å². The highest BCUT2D eigenvalue weighted by atomic mass is 35.5. The minimum Gasteiger partial charge on any atom is -0.448 e. The number of nitrogens with one attached hydrogen (secondary N) is 2. The van der Waals surface area contributed by atoms with Gasteiger partial charge in [-0.2, -0.15) is 0 Å². The molecule has 1 amide bonds. The number of benzene rings is 1. The number of halogens is 1. The van der Waals surface area contributed by atoms with Crippen LogP contribution in [0.15, 0.2) is 21.8 Å². The van der Waals surface area contributed by atoms with Gasteiger partial charge in [0.2, 0.25) is 0 Å². The quantitative estimate of drug-likeness (QED) is 0.537. The van der Waals surface area contributed by atoms with Crippen LogP contribution >= 0.6 is 23.4 Å². The van der Waals surface area contributed by atoms with Crippen molar-refractivity contribution in [1.82, 2.24) is 10.3 Å². The largest absolute Gasteiger partial charge is 0.448 e. The molecule has 1 unspecified atom stereocenters. The number of thioether (sulfide) groups is 1. The van der Waals surface area contributed by atoms with E-state index in [4.69, 9.17) is 21.1 Å². The van der Waals surface area contributed by atoms with Gasteiger partial charge >= 0.3 is 0 Å².